The van der Waals surface area contributed by atoms with Crippen LogP contribution in [-0.2, 0) is 9.59 Å². The monoisotopic (exact) mass is 383 g/mol. The van der Waals surface area contributed by atoms with Crippen molar-refractivity contribution >= 4 is 24.6 Å². The van der Waals surface area contributed by atoms with Crippen LogP contribution < -0.4 is 15.5 Å². The SMILES string of the molecule is CC(C)C[C@@H](NC(=O)CNC(=O)[C@@H]1CCN1c1cc(F)ccc1F)B(O)O. The summed E-state index contributed by atoms with van der Waals surface area (Å²) >= 11 is 0. The van der Waals surface area contributed by atoms with Gasteiger partial charge in [-0.3, -0.25) is 9.59 Å². The van der Waals surface area contributed by atoms with Crippen LogP contribution in [0.25, 0.3) is 0 Å². The summed E-state index contributed by atoms with van der Waals surface area (Å²) < 4.78 is 27.2. The molecule has 1 aliphatic heterocycles. The van der Waals surface area contributed by atoms with Crippen molar-refractivity contribution in [3.63, 3.8) is 0 Å². The van der Waals surface area contributed by atoms with E-state index in [2.05, 4.69) is 10.6 Å². The van der Waals surface area contributed by atoms with Crippen LogP contribution in [0.15, 0.2) is 18.2 Å². The fourth-order valence-corrected chi connectivity index (χ4v) is 2.96. The van der Waals surface area contributed by atoms with Crippen LogP contribution in [0, 0.1) is 17.6 Å². The van der Waals surface area contributed by atoms with Crippen molar-refractivity contribution in [2.75, 3.05) is 18.0 Å². The molecule has 0 bridgehead atoms. The third-order valence-corrected chi connectivity index (χ3v) is 4.39. The van der Waals surface area contributed by atoms with E-state index in [1.54, 1.807) is 0 Å². The first-order valence-electron chi connectivity index (χ1n) is 8.84. The summed E-state index contributed by atoms with van der Waals surface area (Å²) in [5.41, 5.74) is 0.00579. The third kappa shape index (κ3) is 5.64. The summed E-state index contributed by atoms with van der Waals surface area (Å²) in [5.74, 6) is -2.97. The normalized spacial score (nSPS) is 17.3. The smallest absolute Gasteiger partial charge is 0.426 e. The van der Waals surface area contributed by atoms with E-state index in [9.17, 15) is 28.4 Å². The molecule has 2 atom stereocenters. The number of hydrogen-bond acceptors (Lipinski definition) is 5. The van der Waals surface area contributed by atoms with Gasteiger partial charge in [-0.05, 0) is 30.9 Å². The maximum Gasteiger partial charge on any atom is 0.475 e. The Bertz CT molecular complexity index is 690. The molecule has 1 fully saturated rings. The van der Waals surface area contributed by atoms with E-state index in [0.29, 0.717) is 19.4 Å². The molecule has 0 spiro atoms. The van der Waals surface area contributed by atoms with Crippen LogP contribution in [0.3, 0.4) is 0 Å². The predicted molar refractivity (Wildman–Crippen MR) is 96.7 cm³/mol. The molecular weight excluding hydrogens is 359 g/mol. The molecule has 0 aliphatic carbocycles. The fourth-order valence-electron chi connectivity index (χ4n) is 2.96. The molecule has 1 aliphatic rings. The van der Waals surface area contributed by atoms with Gasteiger partial charge in [0.05, 0.1) is 18.2 Å². The van der Waals surface area contributed by atoms with Crippen LogP contribution >= 0.6 is 0 Å². The summed E-state index contributed by atoms with van der Waals surface area (Å²) in [7, 11) is -1.70. The Balaban J connectivity index is 1.88. The lowest BCUT2D eigenvalue weighted by Gasteiger charge is -2.41. The minimum atomic E-state index is -1.70. The lowest BCUT2D eigenvalue weighted by Crippen LogP contribution is -2.58. The predicted octanol–water partition coefficient (Wildman–Crippen LogP) is 0.203. The number of halogens is 2. The number of hydrogen-bond donors (Lipinski definition) is 4. The summed E-state index contributed by atoms with van der Waals surface area (Å²) in [6.07, 6.45) is 0.821. The molecule has 1 aromatic rings. The highest BCUT2D eigenvalue weighted by atomic mass is 19.1. The van der Waals surface area contributed by atoms with Crippen molar-refractivity contribution in [3.8, 4) is 0 Å². The zero-order valence-corrected chi connectivity index (χ0v) is 15.3. The minimum Gasteiger partial charge on any atom is -0.426 e. The zero-order chi connectivity index (χ0) is 20.1. The van der Waals surface area contributed by atoms with Crippen molar-refractivity contribution in [1.29, 1.82) is 0 Å². The van der Waals surface area contributed by atoms with E-state index in [4.69, 9.17) is 0 Å². The van der Waals surface area contributed by atoms with Crippen molar-refractivity contribution in [2.45, 2.75) is 38.7 Å². The van der Waals surface area contributed by atoms with E-state index in [0.717, 1.165) is 18.2 Å². The molecule has 2 amide bonds. The average molecular weight is 383 g/mol. The first-order valence-corrected chi connectivity index (χ1v) is 8.84. The van der Waals surface area contributed by atoms with Crippen molar-refractivity contribution < 1.29 is 28.4 Å². The van der Waals surface area contributed by atoms with E-state index in [1.165, 1.54) is 4.90 Å². The fraction of sp³-hybridized carbons (Fsp3) is 0.529. The Morgan fingerprint density at radius 3 is 2.59 bits per heavy atom. The topological polar surface area (TPSA) is 102 Å². The van der Waals surface area contributed by atoms with E-state index in [1.807, 2.05) is 13.8 Å². The van der Waals surface area contributed by atoms with Gasteiger partial charge in [0.25, 0.3) is 0 Å². The lowest BCUT2D eigenvalue weighted by molar-refractivity contribution is -0.127. The highest BCUT2D eigenvalue weighted by Crippen LogP contribution is 2.29. The van der Waals surface area contributed by atoms with Gasteiger partial charge in [-0.15, -0.1) is 0 Å². The highest BCUT2D eigenvalue weighted by Gasteiger charge is 2.36. The largest absolute Gasteiger partial charge is 0.475 e. The van der Waals surface area contributed by atoms with Crippen LogP contribution in [0.4, 0.5) is 14.5 Å². The number of amides is 2. The Labute approximate surface area is 156 Å². The van der Waals surface area contributed by atoms with Crippen LogP contribution in [0.5, 0.6) is 0 Å². The number of anilines is 1. The summed E-state index contributed by atoms with van der Waals surface area (Å²) in [6, 6.07) is 2.34. The highest BCUT2D eigenvalue weighted by molar-refractivity contribution is 6.43. The summed E-state index contributed by atoms with van der Waals surface area (Å²) in [5, 5.41) is 23.5. The Hall–Kier alpha value is -2.20. The van der Waals surface area contributed by atoms with Gasteiger partial charge in [-0.2, -0.15) is 0 Å². The molecular formula is C17H24BF2N3O4. The zero-order valence-electron chi connectivity index (χ0n) is 15.3. The summed E-state index contributed by atoms with van der Waals surface area (Å²) in [6.45, 7) is 3.80. The van der Waals surface area contributed by atoms with Gasteiger partial charge in [-0.25, -0.2) is 8.78 Å². The Morgan fingerprint density at radius 1 is 1.33 bits per heavy atom. The second-order valence-corrected chi connectivity index (χ2v) is 7.03. The van der Waals surface area contributed by atoms with Gasteiger partial charge in [-0.1, -0.05) is 13.8 Å². The van der Waals surface area contributed by atoms with Gasteiger partial charge < -0.3 is 25.6 Å². The molecule has 4 N–H and O–H groups in total. The molecule has 2 rings (SSSR count). The van der Waals surface area contributed by atoms with Crippen LogP contribution in [0.1, 0.15) is 26.7 Å². The number of rotatable bonds is 8. The maximum absolute atomic E-state index is 13.9. The number of nitrogens with one attached hydrogen (secondary N) is 2. The van der Waals surface area contributed by atoms with Crippen LogP contribution in [-0.4, -0.2) is 54.1 Å². The number of carbonyl (C=O) groups is 2. The van der Waals surface area contributed by atoms with Gasteiger partial charge in [0.2, 0.25) is 11.8 Å². The second-order valence-electron chi connectivity index (χ2n) is 7.03. The van der Waals surface area contributed by atoms with Gasteiger partial charge >= 0.3 is 7.12 Å². The molecule has 1 aromatic carbocycles. The Kier molecular flexibility index (Phi) is 7.15. The molecule has 0 unspecified atom stereocenters. The number of carbonyl (C=O) groups excluding carboxylic acids is 2. The summed E-state index contributed by atoms with van der Waals surface area (Å²) in [4.78, 5) is 25.6. The van der Waals surface area contributed by atoms with E-state index < -0.39 is 42.6 Å². The maximum atomic E-state index is 13.9. The van der Waals surface area contributed by atoms with Crippen molar-refractivity contribution in [1.82, 2.24) is 10.6 Å². The molecule has 0 aromatic heterocycles. The molecule has 1 heterocycles. The van der Waals surface area contributed by atoms with Crippen LogP contribution in [0.2, 0.25) is 0 Å². The third-order valence-electron chi connectivity index (χ3n) is 4.39. The average Bonchev–Trinajstić information content (AvgIpc) is 2.54. The molecule has 0 saturated carbocycles. The van der Waals surface area contributed by atoms with Crippen molar-refractivity contribution in [2.24, 2.45) is 5.92 Å². The van der Waals surface area contributed by atoms with E-state index >= 15 is 0 Å². The molecule has 10 heteroatoms. The quantitative estimate of drug-likeness (QED) is 0.481. The molecule has 148 valence electrons. The molecule has 27 heavy (non-hydrogen) atoms. The first kappa shape index (κ1) is 21.1. The van der Waals surface area contributed by atoms with E-state index in [-0.39, 0.29) is 18.2 Å². The Morgan fingerprint density at radius 2 is 2.04 bits per heavy atom. The minimum absolute atomic E-state index is 0.00579. The first-order chi connectivity index (χ1) is 12.7. The van der Waals surface area contributed by atoms with Gasteiger partial charge in [0, 0.05) is 12.6 Å². The standard InChI is InChI=1S/C17H24BF2N3O4/c1-10(2)7-15(18(26)27)22-16(24)9-21-17(25)13-5-6-23(13)14-8-11(19)3-4-12(14)20/h3-4,8,10,13,15,26-27H,5-7,9H2,1-2H3,(H,21,25)(H,22,24)/t13-,15+/m0/s1. The number of nitrogens with zero attached hydrogens (tertiary/aromatic N) is 1. The molecule has 0 radical (unpaired) electrons. The number of benzene rings is 1. The van der Waals surface area contributed by atoms with Gasteiger partial charge in [0.1, 0.15) is 17.7 Å². The molecule has 1 saturated heterocycles. The van der Waals surface area contributed by atoms with Gasteiger partial charge in [0.15, 0.2) is 0 Å². The second kappa shape index (κ2) is 9.14. The molecule has 7 nitrogen and oxygen atoms in total. The van der Waals surface area contributed by atoms with Crippen molar-refractivity contribution in [3.05, 3.63) is 29.8 Å². The lowest BCUT2D eigenvalue weighted by atomic mass is 9.75.